The van der Waals surface area contributed by atoms with Crippen LogP contribution in [0.25, 0.3) is 0 Å². The molecule has 0 bridgehead atoms. The molecule has 19 heavy (non-hydrogen) atoms. The highest BCUT2D eigenvalue weighted by molar-refractivity contribution is 6.00. The van der Waals surface area contributed by atoms with E-state index in [1.807, 2.05) is 6.92 Å². The fourth-order valence-corrected chi connectivity index (χ4v) is 1.54. The number of hydrogen-bond donors (Lipinski definition) is 2. The minimum Gasteiger partial charge on any atom is -0.385 e. The largest absolute Gasteiger partial charge is 0.385 e. The number of anilines is 1. The van der Waals surface area contributed by atoms with Crippen LogP contribution in [0.5, 0.6) is 0 Å². The number of nitro benzene ring substituents is 1. The number of nitrogens with zero attached hydrogens (tertiary/aromatic N) is 1. The maximum atomic E-state index is 12.0. The van der Waals surface area contributed by atoms with Gasteiger partial charge in [0.1, 0.15) is 0 Å². The average Bonchev–Trinajstić information content (AvgIpc) is 2.39. The lowest BCUT2D eigenvalue weighted by atomic mass is 10.1. The molecule has 1 aromatic carbocycles. The number of nitro groups is 1. The number of nitrogens with one attached hydrogen (secondary N) is 2. The third-order valence-corrected chi connectivity index (χ3v) is 2.42. The van der Waals surface area contributed by atoms with Crippen LogP contribution in [0.2, 0.25) is 0 Å². The van der Waals surface area contributed by atoms with E-state index in [1.54, 1.807) is 0 Å². The van der Waals surface area contributed by atoms with Crippen molar-refractivity contribution >= 4 is 17.3 Å². The van der Waals surface area contributed by atoms with Gasteiger partial charge in [-0.2, -0.15) is 0 Å². The van der Waals surface area contributed by atoms with Gasteiger partial charge >= 0.3 is 0 Å². The maximum Gasteiger partial charge on any atom is 0.270 e. The summed E-state index contributed by atoms with van der Waals surface area (Å²) in [5.74, 6) is -0.364. The van der Waals surface area contributed by atoms with E-state index in [-0.39, 0.29) is 17.2 Å². The summed E-state index contributed by atoms with van der Waals surface area (Å²) in [4.78, 5) is 22.2. The Bertz CT molecular complexity index is 462. The van der Waals surface area contributed by atoms with Crippen molar-refractivity contribution in [2.24, 2.45) is 0 Å². The average molecular weight is 267 g/mol. The molecule has 7 nitrogen and oxygen atoms in total. The smallest absolute Gasteiger partial charge is 0.270 e. The lowest BCUT2D eigenvalue weighted by Crippen LogP contribution is -2.27. The van der Waals surface area contributed by atoms with E-state index in [0.717, 1.165) is 0 Å². The molecule has 0 aliphatic rings. The second-order valence-electron chi connectivity index (χ2n) is 3.77. The fourth-order valence-electron chi connectivity index (χ4n) is 1.54. The van der Waals surface area contributed by atoms with Crippen molar-refractivity contribution in [1.82, 2.24) is 5.32 Å². The van der Waals surface area contributed by atoms with E-state index in [0.29, 0.717) is 25.4 Å². The van der Waals surface area contributed by atoms with Crippen molar-refractivity contribution < 1.29 is 14.5 Å². The first-order chi connectivity index (χ1) is 9.10. The zero-order valence-corrected chi connectivity index (χ0v) is 10.9. The Hall–Kier alpha value is -2.15. The number of non-ortho nitro benzene ring substituents is 1. The highest BCUT2D eigenvalue weighted by atomic mass is 16.6. The minimum absolute atomic E-state index is 0.112. The molecule has 0 saturated carbocycles. The molecule has 0 heterocycles. The van der Waals surface area contributed by atoms with Crippen LogP contribution in [0.4, 0.5) is 11.4 Å². The molecule has 0 spiro atoms. The number of rotatable bonds is 7. The maximum absolute atomic E-state index is 12.0. The van der Waals surface area contributed by atoms with E-state index >= 15 is 0 Å². The Morgan fingerprint density at radius 3 is 2.79 bits per heavy atom. The fraction of sp³-hybridized carbons (Fsp3) is 0.417. The highest BCUT2D eigenvalue weighted by Gasteiger charge is 2.16. The summed E-state index contributed by atoms with van der Waals surface area (Å²) in [7, 11) is 1.53. The predicted molar refractivity (Wildman–Crippen MR) is 71.5 cm³/mol. The van der Waals surface area contributed by atoms with Crippen LogP contribution in [0.1, 0.15) is 17.3 Å². The molecule has 0 unspecified atom stereocenters. The molecule has 1 rings (SSSR count). The standard InChI is InChI=1S/C12H17N3O4/c1-3-13-11-5-4-9(15(17)18)8-10(11)12(16)14-6-7-19-2/h4-5,8,13H,3,6-7H2,1-2H3,(H,14,16). The summed E-state index contributed by atoms with van der Waals surface area (Å²) in [6, 6.07) is 4.16. The number of methoxy groups -OCH3 is 1. The van der Waals surface area contributed by atoms with Gasteiger partial charge in [-0.25, -0.2) is 0 Å². The molecular formula is C12H17N3O4. The zero-order chi connectivity index (χ0) is 14.3. The quantitative estimate of drug-likeness (QED) is 0.442. The van der Waals surface area contributed by atoms with Gasteiger partial charge in [0.25, 0.3) is 11.6 Å². The van der Waals surface area contributed by atoms with Gasteiger partial charge in [-0.15, -0.1) is 0 Å². The van der Waals surface area contributed by atoms with E-state index in [1.165, 1.54) is 25.3 Å². The molecule has 0 radical (unpaired) electrons. The van der Waals surface area contributed by atoms with Gasteiger partial charge in [0.15, 0.2) is 0 Å². The molecule has 7 heteroatoms. The number of hydrogen-bond acceptors (Lipinski definition) is 5. The van der Waals surface area contributed by atoms with Crippen LogP contribution in [0, 0.1) is 10.1 Å². The first kappa shape index (κ1) is 14.9. The Morgan fingerprint density at radius 2 is 2.21 bits per heavy atom. The van der Waals surface area contributed by atoms with Crippen molar-refractivity contribution in [1.29, 1.82) is 0 Å². The predicted octanol–water partition coefficient (Wildman–Crippen LogP) is 1.40. The molecule has 1 aromatic rings. The third kappa shape index (κ3) is 4.22. The van der Waals surface area contributed by atoms with E-state index in [2.05, 4.69) is 10.6 Å². The Balaban J connectivity index is 2.95. The SMILES string of the molecule is CCNc1ccc([N+](=O)[O-])cc1C(=O)NCCOC. The summed E-state index contributed by atoms with van der Waals surface area (Å²) in [6.07, 6.45) is 0. The molecule has 2 N–H and O–H groups in total. The molecule has 0 saturated heterocycles. The van der Waals surface area contributed by atoms with Crippen LogP contribution < -0.4 is 10.6 Å². The second-order valence-corrected chi connectivity index (χ2v) is 3.77. The number of ether oxygens (including phenoxy) is 1. The van der Waals surface area contributed by atoms with Gasteiger partial charge in [0.05, 0.1) is 17.1 Å². The van der Waals surface area contributed by atoms with Crippen molar-refractivity contribution in [3.63, 3.8) is 0 Å². The lowest BCUT2D eigenvalue weighted by molar-refractivity contribution is -0.384. The van der Waals surface area contributed by atoms with E-state index < -0.39 is 4.92 Å². The van der Waals surface area contributed by atoms with Crippen molar-refractivity contribution in [3.05, 3.63) is 33.9 Å². The monoisotopic (exact) mass is 267 g/mol. The number of carbonyl (C=O) groups excluding carboxylic acids is 1. The van der Waals surface area contributed by atoms with Crippen LogP contribution in [0.3, 0.4) is 0 Å². The summed E-state index contributed by atoms with van der Waals surface area (Å²) in [5.41, 5.74) is 0.716. The van der Waals surface area contributed by atoms with Crippen LogP contribution >= 0.6 is 0 Å². The van der Waals surface area contributed by atoms with Crippen molar-refractivity contribution in [2.75, 3.05) is 32.1 Å². The summed E-state index contributed by atoms with van der Waals surface area (Å²) >= 11 is 0. The van der Waals surface area contributed by atoms with Gasteiger partial charge < -0.3 is 15.4 Å². The van der Waals surface area contributed by atoms with Crippen molar-refractivity contribution in [3.8, 4) is 0 Å². The molecule has 0 aliphatic carbocycles. The van der Waals surface area contributed by atoms with Crippen LogP contribution in [-0.4, -0.2) is 37.6 Å². The number of amides is 1. The van der Waals surface area contributed by atoms with Gasteiger partial charge in [-0.3, -0.25) is 14.9 Å². The molecule has 1 amide bonds. The van der Waals surface area contributed by atoms with Crippen molar-refractivity contribution in [2.45, 2.75) is 6.92 Å². The molecule has 0 aliphatic heterocycles. The lowest BCUT2D eigenvalue weighted by Gasteiger charge is -2.10. The topological polar surface area (TPSA) is 93.5 Å². The van der Waals surface area contributed by atoms with Crippen LogP contribution in [-0.2, 0) is 4.74 Å². The van der Waals surface area contributed by atoms with E-state index in [4.69, 9.17) is 4.74 Å². The number of benzene rings is 1. The molecular weight excluding hydrogens is 250 g/mol. The summed E-state index contributed by atoms with van der Waals surface area (Å²) < 4.78 is 4.83. The first-order valence-corrected chi connectivity index (χ1v) is 5.89. The number of carbonyl (C=O) groups is 1. The van der Waals surface area contributed by atoms with Gasteiger partial charge in [-0.05, 0) is 13.0 Å². The second kappa shape index (κ2) is 7.32. The Labute approximate surface area is 111 Å². The summed E-state index contributed by atoms with van der Waals surface area (Å²) in [6.45, 7) is 3.24. The van der Waals surface area contributed by atoms with Gasteiger partial charge in [-0.1, -0.05) is 0 Å². The van der Waals surface area contributed by atoms with Gasteiger partial charge in [0.2, 0.25) is 0 Å². The molecule has 0 fully saturated rings. The zero-order valence-electron chi connectivity index (χ0n) is 10.9. The van der Waals surface area contributed by atoms with Gasteiger partial charge in [0, 0.05) is 38.0 Å². The molecule has 0 atom stereocenters. The Morgan fingerprint density at radius 1 is 1.47 bits per heavy atom. The molecule has 0 aromatic heterocycles. The minimum atomic E-state index is -0.526. The first-order valence-electron chi connectivity index (χ1n) is 5.89. The normalized spacial score (nSPS) is 10.0. The van der Waals surface area contributed by atoms with Crippen LogP contribution in [0.15, 0.2) is 18.2 Å². The third-order valence-electron chi connectivity index (χ3n) is 2.42. The molecule has 104 valence electrons. The Kier molecular flexibility index (Phi) is 5.74. The highest BCUT2D eigenvalue weighted by Crippen LogP contribution is 2.22. The summed E-state index contributed by atoms with van der Waals surface area (Å²) in [5, 5.41) is 16.4. The van der Waals surface area contributed by atoms with E-state index in [9.17, 15) is 14.9 Å².